The number of carbonyl (C=O) groups excluding carboxylic acids is 2. The topological polar surface area (TPSA) is 102 Å². The van der Waals surface area contributed by atoms with Crippen LogP contribution < -0.4 is 24.8 Å². The van der Waals surface area contributed by atoms with Crippen molar-refractivity contribution in [1.29, 1.82) is 0 Å². The summed E-state index contributed by atoms with van der Waals surface area (Å²) in [4.78, 5) is 31.1. The molecule has 0 aliphatic carbocycles. The van der Waals surface area contributed by atoms with Crippen LogP contribution in [0.3, 0.4) is 0 Å². The Bertz CT molecular complexity index is 927. The molecule has 30 heavy (non-hydrogen) atoms. The number of fused-ring (bicyclic) bond motifs is 1. The van der Waals surface area contributed by atoms with Gasteiger partial charge in [0.2, 0.25) is 18.6 Å². The van der Waals surface area contributed by atoms with Crippen molar-refractivity contribution in [1.82, 2.24) is 9.88 Å². The maximum absolute atomic E-state index is 12.6. The molecular weight excluding hydrogens is 388 g/mol. The molecule has 0 spiro atoms. The number of carbonyl (C=O) groups is 2. The van der Waals surface area contributed by atoms with Crippen molar-refractivity contribution in [3.8, 4) is 17.4 Å². The third-order valence-electron chi connectivity index (χ3n) is 5.09. The number of rotatable bonds is 5. The lowest BCUT2D eigenvalue weighted by molar-refractivity contribution is -0.121. The van der Waals surface area contributed by atoms with E-state index in [1.54, 1.807) is 41.4 Å². The number of nitrogens with zero attached hydrogens (tertiary/aromatic N) is 2. The number of urea groups is 1. The van der Waals surface area contributed by atoms with Crippen molar-refractivity contribution >= 4 is 23.3 Å². The second-order valence-electron chi connectivity index (χ2n) is 7.04. The molecule has 2 aliphatic rings. The first kappa shape index (κ1) is 19.8. The highest BCUT2D eigenvalue weighted by Gasteiger charge is 2.28. The maximum atomic E-state index is 12.6. The Kier molecular flexibility index (Phi) is 5.87. The van der Waals surface area contributed by atoms with Gasteiger partial charge in [0.25, 0.3) is 0 Å². The largest absolute Gasteiger partial charge is 0.476 e. The van der Waals surface area contributed by atoms with Gasteiger partial charge in [0.1, 0.15) is 5.69 Å². The van der Waals surface area contributed by atoms with E-state index >= 15 is 0 Å². The monoisotopic (exact) mass is 412 g/mol. The van der Waals surface area contributed by atoms with Gasteiger partial charge < -0.3 is 29.7 Å². The number of piperidine rings is 1. The molecule has 1 fully saturated rings. The van der Waals surface area contributed by atoms with Gasteiger partial charge in [0, 0.05) is 37.0 Å². The highest BCUT2D eigenvalue weighted by molar-refractivity contribution is 5.94. The van der Waals surface area contributed by atoms with Gasteiger partial charge in [-0.2, -0.15) is 0 Å². The van der Waals surface area contributed by atoms with Crippen molar-refractivity contribution in [2.45, 2.75) is 19.8 Å². The van der Waals surface area contributed by atoms with Gasteiger partial charge in [-0.3, -0.25) is 4.79 Å². The summed E-state index contributed by atoms with van der Waals surface area (Å²) in [5, 5.41) is 5.77. The van der Waals surface area contributed by atoms with E-state index in [1.165, 1.54) is 0 Å². The van der Waals surface area contributed by atoms with Crippen LogP contribution in [0, 0.1) is 5.92 Å². The molecule has 1 saturated heterocycles. The normalized spacial score (nSPS) is 15.6. The Morgan fingerprint density at radius 1 is 1.17 bits per heavy atom. The highest BCUT2D eigenvalue weighted by Crippen LogP contribution is 2.34. The van der Waals surface area contributed by atoms with Crippen LogP contribution in [0.5, 0.6) is 17.4 Å². The minimum Gasteiger partial charge on any atom is -0.476 e. The van der Waals surface area contributed by atoms with E-state index in [9.17, 15) is 9.59 Å². The number of nitrogens with one attached hydrogen (secondary N) is 2. The smallest absolute Gasteiger partial charge is 0.321 e. The standard InChI is InChI=1S/C21H24N4O5/c1-2-28-20-16(4-3-9-22-20)24-21(27)25-10-7-14(8-11-25)19(26)23-15-5-6-17-18(12-15)30-13-29-17/h3-6,9,12,14H,2,7-8,10-11,13H2,1H3,(H,23,26)(H,24,27). The Morgan fingerprint density at radius 2 is 1.97 bits per heavy atom. The lowest BCUT2D eigenvalue weighted by Crippen LogP contribution is -2.43. The number of likely N-dealkylation sites (tertiary alicyclic amines) is 1. The summed E-state index contributed by atoms with van der Waals surface area (Å²) in [6.45, 7) is 3.51. The number of amides is 3. The van der Waals surface area contributed by atoms with Gasteiger partial charge in [0.05, 0.1) is 6.61 Å². The number of benzene rings is 1. The molecule has 9 heteroatoms. The molecule has 4 rings (SSSR count). The lowest BCUT2D eigenvalue weighted by atomic mass is 9.96. The summed E-state index contributed by atoms with van der Waals surface area (Å²) in [5.41, 5.74) is 1.21. The van der Waals surface area contributed by atoms with Gasteiger partial charge in [-0.25, -0.2) is 9.78 Å². The van der Waals surface area contributed by atoms with Crippen LogP contribution in [0.2, 0.25) is 0 Å². The summed E-state index contributed by atoms with van der Waals surface area (Å²) in [5.74, 6) is 1.48. The number of pyridine rings is 1. The lowest BCUT2D eigenvalue weighted by Gasteiger charge is -2.31. The van der Waals surface area contributed by atoms with Crippen LogP contribution in [0.25, 0.3) is 0 Å². The number of hydrogen-bond donors (Lipinski definition) is 2. The third-order valence-corrected chi connectivity index (χ3v) is 5.09. The quantitative estimate of drug-likeness (QED) is 0.783. The molecule has 3 amide bonds. The zero-order valence-electron chi connectivity index (χ0n) is 16.7. The van der Waals surface area contributed by atoms with E-state index in [-0.39, 0.29) is 24.6 Å². The minimum atomic E-state index is -0.224. The van der Waals surface area contributed by atoms with E-state index in [0.717, 1.165) is 0 Å². The molecule has 0 radical (unpaired) electrons. The van der Waals surface area contributed by atoms with Gasteiger partial charge >= 0.3 is 6.03 Å². The van der Waals surface area contributed by atoms with Crippen LogP contribution in [-0.2, 0) is 4.79 Å². The fourth-order valence-corrected chi connectivity index (χ4v) is 3.50. The first-order valence-electron chi connectivity index (χ1n) is 9.98. The van der Waals surface area contributed by atoms with Gasteiger partial charge in [-0.15, -0.1) is 0 Å². The summed E-state index contributed by atoms with van der Waals surface area (Å²) < 4.78 is 16.1. The third kappa shape index (κ3) is 4.40. The van der Waals surface area contributed by atoms with Crippen LogP contribution in [0.1, 0.15) is 19.8 Å². The van der Waals surface area contributed by atoms with Crippen molar-refractivity contribution in [3.05, 3.63) is 36.5 Å². The summed E-state index contributed by atoms with van der Waals surface area (Å²) >= 11 is 0. The second-order valence-corrected chi connectivity index (χ2v) is 7.04. The fraction of sp³-hybridized carbons (Fsp3) is 0.381. The van der Waals surface area contributed by atoms with Gasteiger partial charge in [-0.05, 0) is 44.0 Å². The SMILES string of the molecule is CCOc1ncccc1NC(=O)N1CCC(C(=O)Nc2ccc3c(c2)OCO3)CC1. The molecule has 0 bridgehead atoms. The zero-order chi connectivity index (χ0) is 20.9. The molecule has 1 aromatic heterocycles. The van der Waals surface area contributed by atoms with E-state index in [2.05, 4.69) is 15.6 Å². The molecule has 2 aliphatic heterocycles. The predicted octanol–water partition coefficient (Wildman–Crippen LogP) is 3.09. The number of aromatic nitrogens is 1. The molecular formula is C21H24N4O5. The molecule has 2 aromatic rings. The zero-order valence-corrected chi connectivity index (χ0v) is 16.7. The van der Waals surface area contributed by atoms with Crippen molar-refractivity contribution < 1.29 is 23.8 Å². The van der Waals surface area contributed by atoms with Gasteiger partial charge in [0.15, 0.2) is 11.5 Å². The molecule has 9 nitrogen and oxygen atoms in total. The van der Waals surface area contributed by atoms with Crippen molar-refractivity contribution in [3.63, 3.8) is 0 Å². The minimum absolute atomic E-state index is 0.0557. The van der Waals surface area contributed by atoms with Crippen molar-refractivity contribution in [2.75, 3.05) is 37.1 Å². The number of ether oxygens (including phenoxy) is 3. The van der Waals surface area contributed by atoms with Crippen LogP contribution in [0.4, 0.5) is 16.2 Å². The number of anilines is 2. The molecule has 158 valence electrons. The van der Waals surface area contributed by atoms with E-state index in [4.69, 9.17) is 14.2 Å². The number of hydrogen-bond acceptors (Lipinski definition) is 6. The van der Waals surface area contributed by atoms with Gasteiger partial charge in [-0.1, -0.05) is 0 Å². The van der Waals surface area contributed by atoms with Crippen LogP contribution in [-0.4, -0.2) is 48.3 Å². The summed E-state index contributed by atoms with van der Waals surface area (Å²) in [6.07, 6.45) is 2.80. The van der Waals surface area contributed by atoms with Crippen LogP contribution >= 0.6 is 0 Å². The molecule has 0 atom stereocenters. The summed E-state index contributed by atoms with van der Waals surface area (Å²) in [6, 6.07) is 8.59. The first-order chi connectivity index (χ1) is 14.6. The first-order valence-corrected chi connectivity index (χ1v) is 9.98. The maximum Gasteiger partial charge on any atom is 0.321 e. The molecule has 2 N–H and O–H groups in total. The Hall–Kier alpha value is -3.49. The average Bonchev–Trinajstić information content (AvgIpc) is 3.23. The Balaban J connectivity index is 1.29. The van der Waals surface area contributed by atoms with E-state index in [1.807, 2.05) is 6.92 Å². The molecule has 1 aromatic carbocycles. The molecule has 0 unspecified atom stereocenters. The Labute approximate surface area is 174 Å². The molecule has 0 saturated carbocycles. The van der Waals surface area contributed by atoms with Crippen molar-refractivity contribution in [2.24, 2.45) is 5.92 Å². The fourth-order valence-electron chi connectivity index (χ4n) is 3.50. The highest BCUT2D eigenvalue weighted by atomic mass is 16.7. The van der Waals surface area contributed by atoms with E-state index in [0.29, 0.717) is 61.3 Å². The molecule has 3 heterocycles. The van der Waals surface area contributed by atoms with E-state index < -0.39 is 0 Å². The summed E-state index contributed by atoms with van der Waals surface area (Å²) in [7, 11) is 0. The predicted molar refractivity (Wildman–Crippen MR) is 110 cm³/mol. The Morgan fingerprint density at radius 3 is 2.77 bits per heavy atom. The second kappa shape index (κ2) is 8.89. The van der Waals surface area contributed by atoms with Crippen LogP contribution in [0.15, 0.2) is 36.5 Å². The average molecular weight is 412 g/mol.